The second-order valence-electron chi connectivity index (χ2n) is 5.81. The van der Waals surface area contributed by atoms with Gasteiger partial charge in [0.1, 0.15) is 23.9 Å². The predicted molar refractivity (Wildman–Crippen MR) is 104 cm³/mol. The topological polar surface area (TPSA) is 27.7 Å². The predicted octanol–water partition coefficient (Wildman–Crippen LogP) is 5.61. The third-order valence-electron chi connectivity index (χ3n) is 4.13. The van der Waals surface area contributed by atoms with Gasteiger partial charge in [-0.2, -0.15) is 0 Å². The molecule has 0 fully saturated rings. The fraction of sp³-hybridized carbons (Fsp3) is 0.182. The first-order valence-electron chi connectivity index (χ1n) is 8.34. The molecule has 0 aliphatic carbocycles. The van der Waals surface area contributed by atoms with Crippen LogP contribution in [0.25, 0.3) is 0 Å². The van der Waals surface area contributed by atoms with Crippen molar-refractivity contribution in [2.24, 2.45) is 0 Å². The minimum atomic E-state index is -0.320. The maximum absolute atomic E-state index is 6.67. The summed E-state index contributed by atoms with van der Waals surface area (Å²) in [6.07, 6.45) is 0. The lowest BCUT2D eigenvalue weighted by Crippen LogP contribution is -1.99. The smallest absolute Gasteiger partial charge is 0.127 e. The molecule has 0 radical (unpaired) electrons. The van der Waals surface area contributed by atoms with E-state index < -0.39 is 0 Å². The van der Waals surface area contributed by atoms with Gasteiger partial charge in [-0.05, 0) is 35.4 Å². The van der Waals surface area contributed by atoms with E-state index in [-0.39, 0.29) is 5.38 Å². The van der Waals surface area contributed by atoms with Crippen LogP contribution in [0.1, 0.15) is 22.1 Å². The standard InChI is InChI=1S/C22H21ClO3/c1-24-19-12-13-20(21(14-19)25-2)22(23)17-8-10-18(11-9-17)26-15-16-6-4-3-5-7-16/h3-14,22H,15H2,1-2H3. The highest BCUT2D eigenvalue weighted by molar-refractivity contribution is 6.22. The molecule has 3 aromatic rings. The molecule has 0 saturated heterocycles. The molecule has 26 heavy (non-hydrogen) atoms. The first kappa shape index (κ1) is 18.2. The normalized spacial score (nSPS) is 11.7. The SMILES string of the molecule is COc1ccc(C(Cl)c2ccc(OCc3ccccc3)cc2)c(OC)c1. The minimum Gasteiger partial charge on any atom is -0.497 e. The molecule has 0 aliphatic rings. The first-order chi connectivity index (χ1) is 12.7. The highest BCUT2D eigenvalue weighted by Crippen LogP contribution is 2.37. The van der Waals surface area contributed by atoms with Gasteiger partial charge in [0.2, 0.25) is 0 Å². The van der Waals surface area contributed by atoms with Crippen LogP contribution in [0.5, 0.6) is 17.2 Å². The molecule has 1 unspecified atom stereocenters. The van der Waals surface area contributed by atoms with Crippen molar-refractivity contribution in [3.05, 3.63) is 89.5 Å². The summed E-state index contributed by atoms with van der Waals surface area (Å²) in [5, 5.41) is -0.320. The van der Waals surface area contributed by atoms with Gasteiger partial charge in [-0.25, -0.2) is 0 Å². The average molecular weight is 369 g/mol. The van der Waals surface area contributed by atoms with Gasteiger partial charge in [0.15, 0.2) is 0 Å². The summed E-state index contributed by atoms with van der Waals surface area (Å²) < 4.78 is 16.5. The molecule has 0 amide bonds. The Hall–Kier alpha value is -2.65. The van der Waals surface area contributed by atoms with E-state index in [9.17, 15) is 0 Å². The van der Waals surface area contributed by atoms with Gasteiger partial charge in [-0.15, -0.1) is 11.6 Å². The van der Waals surface area contributed by atoms with E-state index >= 15 is 0 Å². The van der Waals surface area contributed by atoms with E-state index in [1.165, 1.54) is 0 Å². The Kier molecular flexibility index (Phi) is 6.03. The first-order valence-corrected chi connectivity index (χ1v) is 8.77. The zero-order chi connectivity index (χ0) is 18.4. The Morgan fingerprint density at radius 1 is 0.808 bits per heavy atom. The summed E-state index contributed by atoms with van der Waals surface area (Å²) in [5.41, 5.74) is 3.00. The Morgan fingerprint density at radius 2 is 1.50 bits per heavy atom. The van der Waals surface area contributed by atoms with Crippen LogP contribution >= 0.6 is 11.6 Å². The number of methoxy groups -OCH3 is 2. The molecule has 134 valence electrons. The molecule has 0 bridgehead atoms. The van der Waals surface area contributed by atoms with Gasteiger partial charge in [-0.3, -0.25) is 0 Å². The van der Waals surface area contributed by atoms with Crippen molar-refractivity contribution in [3.8, 4) is 17.2 Å². The summed E-state index contributed by atoms with van der Waals surface area (Å²) in [6.45, 7) is 0.538. The monoisotopic (exact) mass is 368 g/mol. The second-order valence-corrected chi connectivity index (χ2v) is 6.25. The minimum absolute atomic E-state index is 0.320. The average Bonchev–Trinajstić information content (AvgIpc) is 2.72. The molecular weight excluding hydrogens is 348 g/mol. The quantitative estimate of drug-likeness (QED) is 0.507. The van der Waals surface area contributed by atoms with Crippen LogP contribution in [0.2, 0.25) is 0 Å². The van der Waals surface area contributed by atoms with Gasteiger partial charge < -0.3 is 14.2 Å². The van der Waals surface area contributed by atoms with Gasteiger partial charge in [0.25, 0.3) is 0 Å². The van der Waals surface area contributed by atoms with Crippen molar-refractivity contribution in [3.63, 3.8) is 0 Å². The van der Waals surface area contributed by atoms with Crippen LogP contribution in [-0.2, 0) is 6.61 Å². The van der Waals surface area contributed by atoms with Crippen molar-refractivity contribution in [2.75, 3.05) is 14.2 Å². The number of rotatable bonds is 7. The molecule has 0 saturated carbocycles. The van der Waals surface area contributed by atoms with Crippen molar-refractivity contribution >= 4 is 11.6 Å². The van der Waals surface area contributed by atoms with Crippen molar-refractivity contribution < 1.29 is 14.2 Å². The van der Waals surface area contributed by atoms with E-state index in [0.29, 0.717) is 12.4 Å². The number of hydrogen-bond donors (Lipinski definition) is 0. The van der Waals surface area contributed by atoms with Crippen molar-refractivity contribution in [1.29, 1.82) is 0 Å². The molecule has 1 atom stereocenters. The van der Waals surface area contributed by atoms with Crippen LogP contribution < -0.4 is 14.2 Å². The Labute approximate surface area is 159 Å². The Morgan fingerprint density at radius 3 is 2.15 bits per heavy atom. The maximum Gasteiger partial charge on any atom is 0.127 e. The van der Waals surface area contributed by atoms with Crippen LogP contribution in [0.4, 0.5) is 0 Å². The number of benzene rings is 3. The van der Waals surface area contributed by atoms with Gasteiger partial charge in [-0.1, -0.05) is 42.5 Å². The molecule has 0 aliphatic heterocycles. The zero-order valence-electron chi connectivity index (χ0n) is 14.8. The lowest BCUT2D eigenvalue weighted by Gasteiger charge is -2.16. The lowest BCUT2D eigenvalue weighted by molar-refractivity contribution is 0.306. The zero-order valence-corrected chi connectivity index (χ0v) is 15.6. The van der Waals surface area contributed by atoms with E-state index in [2.05, 4.69) is 0 Å². The molecule has 4 heteroatoms. The van der Waals surface area contributed by atoms with Crippen molar-refractivity contribution in [2.45, 2.75) is 12.0 Å². The summed E-state index contributed by atoms with van der Waals surface area (Å²) in [4.78, 5) is 0. The van der Waals surface area contributed by atoms with E-state index in [4.69, 9.17) is 25.8 Å². The Balaban J connectivity index is 1.71. The molecule has 3 rings (SSSR count). The van der Waals surface area contributed by atoms with Crippen LogP contribution in [0.3, 0.4) is 0 Å². The summed E-state index contributed by atoms with van der Waals surface area (Å²) >= 11 is 6.67. The Bertz CT molecular complexity index is 832. The largest absolute Gasteiger partial charge is 0.497 e. The fourth-order valence-corrected chi connectivity index (χ4v) is 3.01. The van der Waals surface area contributed by atoms with Crippen molar-refractivity contribution in [1.82, 2.24) is 0 Å². The van der Waals surface area contributed by atoms with Crippen LogP contribution in [-0.4, -0.2) is 14.2 Å². The number of ether oxygens (including phenoxy) is 3. The number of halogens is 1. The van der Waals surface area contributed by atoms with E-state index in [0.717, 1.165) is 28.2 Å². The van der Waals surface area contributed by atoms with Crippen LogP contribution in [0, 0.1) is 0 Å². The third-order valence-corrected chi connectivity index (χ3v) is 4.62. The number of hydrogen-bond acceptors (Lipinski definition) is 3. The molecule has 3 nitrogen and oxygen atoms in total. The van der Waals surface area contributed by atoms with E-state index in [1.807, 2.05) is 72.8 Å². The molecule has 0 heterocycles. The summed E-state index contributed by atoms with van der Waals surface area (Å²) in [7, 11) is 3.25. The summed E-state index contributed by atoms with van der Waals surface area (Å²) in [5.74, 6) is 2.25. The molecule has 0 aromatic heterocycles. The molecular formula is C22H21ClO3. The molecule has 0 spiro atoms. The van der Waals surface area contributed by atoms with Crippen LogP contribution in [0.15, 0.2) is 72.8 Å². The highest BCUT2D eigenvalue weighted by Gasteiger charge is 2.16. The number of alkyl halides is 1. The highest BCUT2D eigenvalue weighted by atomic mass is 35.5. The molecule has 0 N–H and O–H groups in total. The van der Waals surface area contributed by atoms with Gasteiger partial charge in [0, 0.05) is 11.6 Å². The molecule has 3 aromatic carbocycles. The van der Waals surface area contributed by atoms with Gasteiger partial charge >= 0.3 is 0 Å². The second kappa shape index (κ2) is 8.63. The lowest BCUT2D eigenvalue weighted by atomic mass is 10.0. The third kappa shape index (κ3) is 4.30. The van der Waals surface area contributed by atoms with E-state index in [1.54, 1.807) is 14.2 Å². The summed E-state index contributed by atoms with van der Waals surface area (Å²) in [6, 6.07) is 23.5. The van der Waals surface area contributed by atoms with Gasteiger partial charge in [0.05, 0.1) is 19.6 Å². The maximum atomic E-state index is 6.67. The fourth-order valence-electron chi connectivity index (χ4n) is 2.68.